The molecule has 5 nitrogen and oxygen atoms in total. The molecule has 3 N–H and O–H groups in total. The lowest BCUT2D eigenvalue weighted by Crippen LogP contribution is -2.40. The van der Waals surface area contributed by atoms with Crippen molar-refractivity contribution in [2.75, 3.05) is 31.2 Å². The molecule has 1 aliphatic rings. The first kappa shape index (κ1) is 11.4. The van der Waals surface area contributed by atoms with E-state index in [4.69, 9.17) is 17.3 Å². The number of likely N-dealkylation sites (tertiary alicyclic amines) is 1. The van der Waals surface area contributed by atoms with Crippen LogP contribution >= 0.6 is 11.6 Å². The normalized spacial score (nSPS) is 22.0. The van der Waals surface area contributed by atoms with Crippen molar-refractivity contribution >= 4 is 23.2 Å². The van der Waals surface area contributed by atoms with Crippen LogP contribution in [-0.2, 0) is 0 Å². The Morgan fingerprint density at radius 2 is 2.38 bits per heavy atom. The number of piperidine rings is 1. The molecule has 0 bridgehead atoms. The highest BCUT2D eigenvalue weighted by molar-refractivity contribution is 6.35. The van der Waals surface area contributed by atoms with Crippen LogP contribution in [0.25, 0.3) is 0 Å². The van der Waals surface area contributed by atoms with Crippen LogP contribution in [0.2, 0.25) is 5.02 Å². The summed E-state index contributed by atoms with van der Waals surface area (Å²) in [5.41, 5.74) is 5.62. The molecule has 6 heteroatoms. The molecule has 1 fully saturated rings. The summed E-state index contributed by atoms with van der Waals surface area (Å²) in [6.07, 6.45) is 3.74. The molecule has 0 spiro atoms. The van der Waals surface area contributed by atoms with Crippen molar-refractivity contribution < 1.29 is 0 Å². The molecule has 0 saturated carbocycles. The van der Waals surface area contributed by atoms with Gasteiger partial charge in [0.05, 0.1) is 0 Å². The Labute approximate surface area is 100 Å². The highest BCUT2D eigenvalue weighted by Crippen LogP contribution is 2.25. The predicted octanol–water partition coefficient (Wildman–Crippen LogP) is 1.22. The summed E-state index contributed by atoms with van der Waals surface area (Å²) >= 11 is 6.02. The van der Waals surface area contributed by atoms with Gasteiger partial charge in [-0.25, -0.2) is 9.97 Å². The zero-order chi connectivity index (χ0) is 11.5. The van der Waals surface area contributed by atoms with E-state index < -0.39 is 0 Å². The SMILES string of the molecule is CN1CCCC(Nc2ncnc(N)c2Cl)C1. The van der Waals surface area contributed by atoms with E-state index in [1.165, 1.54) is 12.7 Å². The number of rotatable bonds is 2. The van der Waals surface area contributed by atoms with Crippen LogP contribution in [-0.4, -0.2) is 41.0 Å². The van der Waals surface area contributed by atoms with E-state index >= 15 is 0 Å². The zero-order valence-electron chi connectivity index (χ0n) is 9.28. The molecular formula is C10H16ClN5. The Kier molecular flexibility index (Phi) is 3.46. The maximum atomic E-state index is 6.02. The van der Waals surface area contributed by atoms with E-state index in [1.54, 1.807) is 0 Å². The van der Waals surface area contributed by atoms with E-state index in [2.05, 4.69) is 27.2 Å². The van der Waals surface area contributed by atoms with Crippen LogP contribution in [0, 0.1) is 0 Å². The fraction of sp³-hybridized carbons (Fsp3) is 0.600. The monoisotopic (exact) mass is 241 g/mol. The summed E-state index contributed by atoms with van der Waals surface area (Å²) in [6, 6.07) is 0.380. The van der Waals surface area contributed by atoms with Gasteiger partial charge in [-0.15, -0.1) is 0 Å². The third-order valence-corrected chi connectivity index (χ3v) is 3.15. The lowest BCUT2D eigenvalue weighted by atomic mass is 10.1. The van der Waals surface area contributed by atoms with E-state index in [-0.39, 0.29) is 0 Å². The molecule has 1 aromatic rings. The molecule has 0 aliphatic carbocycles. The maximum Gasteiger partial charge on any atom is 0.150 e. The van der Waals surface area contributed by atoms with Crippen molar-refractivity contribution in [2.45, 2.75) is 18.9 Å². The number of nitrogens with one attached hydrogen (secondary N) is 1. The Balaban J connectivity index is 2.05. The number of nitrogens with two attached hydrogens (primary N) is 1. The van der Waals surface area contributed by atoms with Crippen LogP contribution in [0.15, 0.2) is 6.33 Å². The van der Waals surface area contributed by atoms with Crippen molar-refractivity contribution in [2.24, 2.45) is 0 Å². The number of halogens is 1. The number of likely N-dealkylation sites (N-methyl/N-ethyl adjacent to an activating group) is 1. The first-order chi connectivity index (χ1) is 7.66. The van der Waals surface area contributed by atoms with Crippen molar-refractivity contribution in [3.63, 3.8) is 0 Å². The molecule has 16 heavy (non-hydrogen) atoms. The summed E-state index contributed by atoms with van der Waals surface area (Å²) < 4.78 is 0. The van der Waals surface area contributed by atoms with Crippen molar-refractivity contribution in [3.8, 4) is 0 Å². The lowest BCUT2D eigenvalue weighted by Gasteiger charge is -2.30. The summed E-state index contributed by atoms with van der Waals surface area (Å²) in [4.78, 5) is 10.2. The van der Waals surface area contributed by atoms with Gasteiger partial charge in [0, 0.05) is 12.6 Å². The number of anilines is 2. The van der Waals surface area contributed by atoms with Crippen molar-refractivity contribution in [1.82, 2.24) is 14.9 Å². The predicted molar refractivity (Wildman–Crippen MR) is 65.6 cm³/mol. The second kappa shape index (κ2) is 4.84. The topological polar surface area (TPSA) is 67.1 Å². The van der Waals surface area contributed by atoms with E-state index in [0.29, 0.717) is 22.7 Å². The minimum absolute atomic E-state index is 0.323. The zero-order valence-corrected chi connectivity index (χ0v) is 10.0. The van der Waals surface area contributed by atoms with E-state index in [9.17, 15) is 0 Å². The molecule has 1 aliphatic heterocycles. The number of hydrogen-bond acceptors (Lipinski definition) is 5. The fourth-order valence-corrected chi connectivity index (χ4v) is 2.11. The lowest BCUT2D eigenvalue weighted by molar-refractivity contribution is 0.261. The van der Waals surface area contributed by atoms with Gasteiger partial charge < -0.3 is 16.0 Å². The van der Waals surface area contributed by atoms with Crippen LogP contribution in [0.1, 0.15) is 12.8 Å². The van der Waals surface area contributed by atoms with Crippen LogP contribution in [0.4, 0.5) is 11.6 Å². The number of aromatic nitrogens is 2. The quantitative estimate of drug-likeness (QED) is 0.815. The standard InChI is InChI=1S/C10H16ClN5/c1-16-4-2-3-7(5-16)15-10-8(11)9(12)13-6-14-10/h6-7H,2-5H2,1H3,(H3,12,13,14,15). The molecule has 1 aromatic heterocycles. The van der Waals surface area contributed by atoms with Gasteiger partial charge in [0.15, 0.2) is 5.82 Å². The van der Waals surface area contributed by atoms with Gasteiger partial charge in [-0.3, -0.25) is 0 Å². The average Bonchev–Trinajstić information content (AvgIpc) is 2.25. The molecule has 0 radical (unpaired) electrons. The van der Waals surface area contributed by atoms with Gasteiger partial charge in [-0.1, -0.05) is 11.6 Å². The summed E-state index contributed by atoms with van der Waals surface area (Å²) in [7, 11) is 2.11. The molecule has 0 aromatic carbocycles. The minimum Gasteiger partial charge on any atom is -0.382 e. The largest absolute Gasteiger partial charge is 0.382 e. The van der Waals surface area contributed by atoms with Crippen molar-refractivity contribution in [1.29, 1.82) is 0 Å². The summed E-state index contributed by atoms with van der Waals surface area (Å²) in [6.45, 7) is 2.15. The van der Waals surface area contributed by atoms with Gasteiger partial charge in [0.25, 0.3) is 0 Å². The first-order valence-electron chi connectivity index (χ1n) is 5.38. The second-order valence-electron chi connectivity index (χ2n) is 4.17. The molecular weight excluding hydrogens is 226 g/mol. The van der Waals surface area contributed by atoms with Gasteiger partial charge in [0.2, 0.25) is 0 Å². The van der Waals surface area contributed by atoms with Crippen LogP contribution < -0.4 is 11.1 Å². The first-order valence-corrected chi connectivity index (χ1v) is 5.75. The second-order valence-corrected chi connectivity index (χ2v) is 4.55. The van der Waals surface area contributed by atoms with Gasteiger partial charge in [-0.2, -0.15) is 0 Å². The number of hydrogen-bond donors (Lipinski definition) is 2. The molecule has 2 heterocycles. The smallest absolute Gasteiger partial charge is 0.150 e. The number of nitrogens with zero attached hydrogens (tertiary/aromatic N) is 3. The molecule has 0 amide bonds. The minimum atomic E-state index is 0.323. The highest BCUT2D eigenvalue weighted by Gasteiger charge is 2.18. The van der Waals surface area contributed by atoms with E-state index in [1.807, 2.05) is 0 Å². The molecule has 1 atom stereocenters. The third-order valence-electron chi connectivity index (χ3n) is 2.78. The summed E-state index contributed by atoms with van der Waals surface area (Å²) in [5, 5.41) is 3.73. The summed E-state index contributed by atoms with van der Waals surface area (Å²) in [5.74, 6) is 0.956. The van der Waals surface area contributed by atoms with Crippen LogP contribution in [0.5, 0.6) is 0 Å². The Hall–Kier alpha value is -1.07. The van der Waals surface area contributed by atoms with Crippen molar-refractivity contribution in [3.05, 3.63) is 11.3 Å². The number of nitrogen functional groups attached to an aromatic ring is 1. The van der Waals surface area contributed by atoms with Gasteiger partial charge in [-0.05, 0) is 26.4 Å². The average molecular weight is 242 g/mol. The molecule has 1 saturated heterocycles. The fourth-order valence-electron chi connectivity index (χ4n) is 1.96. The highest BCUT2D eigenvalue weighted by atomic mass is 35.5. The van der Waals surface area contributed by atoms with Gasteiger partial charge >= 0.3 is 0 Å². The van der Waals surface area contributed by atoms with Crippen LogP contribution in [0.3, 0.4) is 0 Å². The van der Waals surface area contributed by atoms with Gasteiger partial charge in [0.1, 0.15) is 17.2 Å². The maximum absolute atomic E-state index is 6.02. The Bertz CT molecular complexity index is 370. The van der Waals surface area contributed by atoms with E-state index in [0.717, 1.165) is 19.5 Å². The Morgan fingerprint density at radius 3 is 3.12 bits per heavy atom. The molecule has 2 rings (SSSR count). The Morgan fingerprint density at radius 1 is 1.56 bits per heavy atom. The molecule has 88 valence electrons. The third kappa shape index (κ3) is 2.54. The molecule has 1 unspecified atom stereocenters.